The lowest BCUT2D eigenvalue weighted by Gasteiger charge is -2.21. The van der Waals surface area contributed by atoms with E-state index in [1.54, 1.807) is 11.1 Å². The second-order valence-corrected chi connectivity index (χ2v) is 5.10. The summed E-state index contributed by atoms with van der Waals surface area (Å²) in [6.45, 7) is 3.12. The lowest BCUT2D eigenvalue weighted by molar-refractivity contribution is -0.131. The Hall–Kier alpha value is -2.44. The van der Waals surface area contributed by atoms with Crippen molar-refractivity contribution in [1.82, 2.24) is 20.5 Å². The van der Waals surface area contributed by atoms with Gasteiger partial charge >= 0.3 is 6.03 Å². The van der Waals surface area contributed by atoms with Gasteiger partial charge in [0.1, 0.15) is 6.04 Å². The minimum Gasteiger partial charge on any atom is -0.343 e. The molecule has 2 rings (SSSR count). The van der Waals surface area contributed by atoms with E-state index < -0.39 is 12.1 Å². The molecule has 0 saturated carbocycles. The molecule has 1 aromatic heterocycles. The van der Waals surface area contributed by atoms with Gasteiger partial charge in [-0.1, -0.05) is 6.07 Å². The van der Waals surface area contributed by atoms with Crippen molar-refractivity contribution in [3.05, 3.63) is 30.1 Å². The molecule has 2 N–H and O–H groups in total. The van der Waals surface area contributed by atoms with Crippen LogP contribution >= 0.6 is 0 Å². The quantitative estimate of drug-likeness (QED) is 0.716. The highest BCUT2D eigenvalue weighted by molar-refractivity contribution is 6.04. The lowest BCUT2D eigenvalue weighted by atomic mass is 10.1. The summed E-state index contributed by atoms with van der Waals surface area (Å²) in [4.78, 5) is 40.6. The van der Waals surface area contributed by atoms with Gasteiger partial charge in [0.25, 0.3) is 5.91 Å². The van der Waals surface area contributed by atoms with E-state index in [2.05, 4.69) is 15.6 Å². The van der Waals surface area contributed by atoms with Crippen LogP contribution < -0.4 is 10.6 Å². The first-order valence-electron chi connectivity index (χ1n) is 7.39. The summed E-state index contributed by atoms with van der Waals surface area (Å²) in [5.41, 5.74) is 0.941. The third kappa shape index (κ3) is 4.28. The zero-order chi connectivity index (χ0) is 15.9. The van der Waals surface area contributed by atoms with Gasteiger partial charge in [0, 0.05) is 37.8 Å². The Balaban J connectivity index is 1.79. The fraction of sp³-hybridized carbons (Fsp3) is 0.467. The molecule has 0 spiro atoms. The molecule has 2 heterocycles. The van der Waals surface area contributed by atoms with Gasteiger partial charge < -0.3 is 10.2 Å². The molecule has 118 valence electrons. The molecule has 1 saturated heterocycles. The Kier molecular flexibility index (Phi) is 5.46. The SMILES string of the molecule is CCN(CCc1ccccn1)C(=O)CC[C@@H]1NC(=O)NC1=O. The number of hydrogen-bond acceptors (Lipinski definition) is 4. The molecule has 1 aliphatic rings. The highest BCUT2D eigenvalue weighted by atomic mass is 16.2. The third-order valence-corrected chi connectivity index (χ3v) is 3.60. The molecule has 1 aromatic rings. The molecule has 0 aliphatic carbocycles. The van der Waals surface area contributed by atoms with E-state index in [1.807, 2.05) is 25.1 Å². The number of hydrogen-bond donors (Lipinski definition) is 2. The largest absolute Gasteiger partial charge is 0.343 e. The highest BCUT2D eigenvalue weighted by Gasteiger charge is 2.29. The highest BCUT2D eigenvalue weighted by Crippen LogP contribution is 2.06. The normalized spacial score (nSPS) is 17.0. The van der Waals surface area contributed by atoms with Crippen molar-refractivity contribution in [2.24, 2.45) is 0 Å². The monoisotopic (exact) mass is 304 g/mol. The molecule has 0 aromatic carbocycles. The molecule has 1 aliphatic heterocycles. The summed E-state index contributed by atoms with van der Waals surface area (Å²) in [5, 5.41) is 4.65. The van der Waals surface area contributed by atoms with E-state index in [9.17, 15) is 14.4 Å². The lowest BCUT2D eigenvalue weighted by Crippen LogP contribution is -2.35. The van der Waals surface area contributed by atoms with Crippen LogP contribution in [-0.4, -0.2) is 46.9 Å². The van der Waals surface area contributed by atoms with Crippen LogP contribution in [0.4, 0.5) is 4.79 Å². The summed E-state index contributed by atoms with van der Waals surface area (Å²) in [6.07, 6.45) is 2.97. The predicted molar refractivity (Wildman–Crippen MR) is 79.9 cm³/mol. The van der Waals surface area contributed by atoms with Gasteiger partial charge in [-0.05, 0) is 25.5 Å². The van der Waals surface area contributed by atoms with Crippen molar-refractivity contribution in [2.75, 3.05) is 13.1 Å². The molecule has 0 radical (unpaired) electrons. The van der Waals surface area contributed by atoms with Gasteiger partial charge in [-0.3, -0.25) is 19.9 Å². The van der Waals surface area contributed by atoms with E-state index in [4.69, 9.17) is 0 Å². The third-order valence-electron chi connectivity index (χ3n) is 3.60. The van der Waals surface area contributed by atoms with Crippen LogP contribution in [0.5, 0.6) is 0 Å². The molecule has 7 nitrogen and oxygen atoms in total. The molecule has 1 atom stereocenters. The second-order valence-electron chi connectivity index (χ2n) is 5.10. The van der Waals surface area contributed by atoms with Gasteiger partial charge in [0.2, 0.25) is 5.91 Å². The average molecular weight is 304 g/mol. The summed E-state index contributed by atoms with van der Waals surface area (Å²) < 4.78 is 0. The Morgan fingerprint density at radius 2 is 2.18 bits per heavy atom. The summed E-state index contributed by atoms with van der Waals surface area (Å²) in [5.74, 6) is -0.387. The zero-order valence-electron chi connectivity index (χ0n) is 12.5. The molecule has 4 amide bonds. The van der Waals surface area contributed by atoms with Crippen molar-refractivity contribution in [2.45, 2.75) is 32.2 Å². The standard InChI is InChI=1S/C15H20N4O3/c1-2-19(10-8-11-5-3-4-9-16-11)13(20)7-6-12-14(21)18-15(22)17-12/h3-5,9,12H,2,6-8,10H2,1H3,(H2,17,18,21,22)/t12-/m0/s1. The molecule has 7 heteroatoms. The number of carbonyl (C=O) groups is 3. The maximum Gasteiger partial charge on any atom is 0.322 e. The van der Waals surface area contributed by atoms with Crippen LogP contribution in [0.15, 0.2) is 24.4 Å². The summed E-state index contributed by atoms with van der Waals surface area (Å²) in [6, 6.07) is 4.60. The average Bonchev–Trinajstić information content (AvgIpc) is 2.84. The van der Waals surface area contributed by atoms with Gasteiger partial charge in [0.05, 0.1) is 0 Å². The van der Waals surface area contributed by atoms with Crippen molar-refractivity contribution in [1.29, 1.82) is 0 Å². The first kappa shape index (κ1) is 15.9. The number of imide groups is 1. The van der Waals surface area contributed by atoms with Crippen LogP contribution in [0.1, 0.15) is 25.5 Å². The number of pyridine rings is 1. The van der Waals surface area contributed by atoms with Gasteiger partial charge in [-0.15, -0.1) is 0 Å². The number of urea groups is 1. The molecule has 0 unspecified atom stereocenters. The van der Waals surface area contributed by atoms with E-state index in [0.29, 0.717) is 25.9 Å². The van der Waals surface area contributed by atoms with Gasteiger partial charge in [-0.25, -0.2) is 4.79 Å². The number of aromatic nitrogens is 1. The number of rotatable bonds is 7. The number of likely N-dealkylation sites (N-methyl/N-ethyl adjacent to an activating group) is 1. The van der Waals surface area contributed by atoms with Crippen molar-refractivity contribution < 1.29 is 14.4 Å². The maximum atomic E-state index is 12.2. The summed E-state index contributed by atoms with van der Waals surface area (Å²) >= 11 is 0. The zero-order valence-corrected chi connectivity index (χ0v) is 12.5. The summed E-state index contributed by atoms with van der Waals surface area (Å²) in [7, 11) is 0. The molecular weight excluding hydrogens is 284 g/mol. The Bertz CT molecular complexity index is 547. The van der Waals surface area contributed by atoms with Crippen LogP contribution in [-0.2, 0) is 16.0 Å². The fourth-order valence-electron chi connectivity index (χ4n) is 2.34. The van der Waals surface area contributed by atoms with Crippen LogP contribution in [0.3, 0.4) is 0 Å². The van der Waals surface area contributed by atoms with E-state index in [0.717, 1.165) is 5.69 Å². The van der Waals surface area contributed by atoms with E-state index in [1.165, 1.54) is 0 Å². The van der Waals surface area contributed by atoms with Crippen molar-refractivity contribution in [3.63, 3.8) is 0 Å². The molecule has 0 bridgehead atoms. The Morgan fingerprint density at radius 1 is 1.36 bits per heavy atom. The van der Waals surface area contributed by atoms with Gasteiger partial charge in [0.15, 0.2) is 0 Å². The second kappa shape index (κ2) is 7.53. The number of nitrogens with one attached hydrogen (secondary N) is 2. The number of nitrogens with zero attached hydrogens (tertiary/aromatic N) is 2. The minimum absolute atomic E-state index is 0.0209. The van der Waals surface area contributed by atoms with Crippen LogP contribution in [0.25, 0.3) is 0 Å². The van der Waals surface area contributed by atoms with E-state index >= 15 is 0 Å². The van der Waals surface area contributed by atoms with E-state index in [-0.39, 0.29) is 18.2 Å². The van der Waals surface area contributed by atoms with Crippen molar-refractivity contribution in [3.8, 4) is 0 Å². The molecule has 1 fully saturated rings. The first-order chi connectivity index (χ1) is 10.6. The van der Waals surface area contributed by atoms with Crippen LogP contribution in [0.2, 0.25) is 0 Å². The Morgan fingerprint density at radius 3 is 2.77 bits per heavy atom. The molecular formula is C15H20N4O3. The smallest absolute Gasteiger partial charge is 0.322 e. The number of carbonyl (C=O) groups excluding carboxylic acids is 3. The predicted octanol–water partition coefficient (Wildman–Crippen LogP) is 0.461. The van der Waals surface area contributed by atoms with Crippen molar-refractivity contribution >= 4 is 17.8 Å². The van der Waals surface area contributed by atoms with Gasteiger partial charge in [-0.2, -0.15) is 0 Å². The minimum atomic E-state index is -0.606. The topological polar surface area (TPSA) is 91.4 Å². The van der Waals surface area contributed by atoms with Crippen LogP contribution in [0, 0.1) is 0 Å². The fourth-order valence-corrected chi connectivity index (χ4v) is 2.34. The Labute approximate surface area is 129 Å². The molecule has 22 heavy (non-hydrogen) atoms. The number of amides is 4. The maximum absolute atomic E-state index is 12.2. The first-order valence-corrected chi connectivity index (χ1v) is 7.39.